The fraction of sp³-hybridized carbons (Fsp3) is 0.476. The van der Waals surface area contributed by atoms with E-state index in [9.17, 15) is 15.0 Å². The van der Waals surface area contributed by atoms with Crippen molar-refractivity contribution in [3.63, 3.8) is 0 Å². The largest absolute Gasteiger partial charge is 0.511 e. The number of ketones is 1. The summed E-state index contributed by atoms with van der Waals surface area (Å²) in [5.41, 5.74) is 1.51. The maximum Gasteiger partial charge on any atom is 0.163 e. The topological polar surface area (TPSA) is 73.2 Å². The van der Waals surface area contributed by atoms with Gasteiger partial charge in [0.15, 0.2) is 17.3 Å². The van der Waals surface area contributed by atoms with Crippen molar-refractivity contribution in [3.8, 4) is 11.5 Å². The number of benzene rings is 1. The third kappa shape index (κ3) is 4.80. The first-order chi connectivity index (χ1) is 13.5. The summed E-state index contributed by atoms with van der Waals surface area (Å²) in [6, 6.07) is 4.70. The molecule has 1 aliphatic heterocycles. The number of nitrogens with zero attached hydrogens (tertiary/aromatic N) is 2. The number of hydrogen-bond donors (Lipinski definition) is 2. The first-order valence-corrected chi connectivity index (χ1v) is 10.0. The predicted octanol–water partition coefficient (Wildman–Crippen LogP) is 3.67. The monoisotopic (exact) mass is 406 g/mol. The third-order valence-electron chi connectivity index (χ3n) is 5.29. The molecular formula is C21H27ClN2O4. The number of allylic oxidation sites excluding steroid dienone is 3. The summed E-state index contributed by atoms with van der Waals surface area (Å²) in [6.07, 6.45) is 4.78. The van der Waals surface area contributed by atoms with E-state index in [1.807, 2.05) is 0 Å². The molecule has 1 aromatic carbocycles. The van der Waals surface area contributed by atoms with E-state index in [1.54, 1.807) is 12.1 Å². The number of aliphatic hydroxyl groups excluding tert-OH is 1. The number of halogens is 1. The van der Waals surface area contributed by atoms with Crippen LogP contribution in [0.2, 0.25) is 0 Å². The van der Waals surface area contributed by atoms with Crippen LogP contribution < -0.4 is 4.74 Å². The van der Waals surface area contributed by atoms with Crippen LogP contribution in [0.25, 0.3) is 0 Å². The molecule has 1 heterocycles. The number of phenolic OH excluding ortho intramolecular Hbond substituents is 1. The molecule has 2 N–H and O–H groups in total. The van der Waals surface area contributed by atoms with E-state index in [0.29, 0.717) is 29.2 Å². The Hall–Kier alpha value is -2.18. The third-order valence-corrected chi connectivity index (χ3v) is 5.70. The van der Waals surface area contributed by atoms with Gasteiger partial charge >= 0.3 is 0 Å². The average Bonchev–Trinajstić information content (AvgIpc) is 2.71. The lowest BCUT2D eigenvalue weighted by molar-refractivity contribution is 0.0968. The highest BCUT2D eigenvalue weighted by atomic mass is 35.5. The van der Waals surface area contributed by atoms with Gasteiger partial charge in [0.1, 0.15) is 10.8 Å². The molecule has 2 aliphatic rings. The normalized spacial score (nSPS) is 18.2. The average molecular weight is 407 g/mol. The Kier molecular flexibility index (Phi) is 6.86. The van der Waals surface area contributed by atoms with Crippen LogP contribution in [0.1, 0.15) is 36.0 Å². The zero-order valence-corrected chi connectivity index (χ0v) is 16.9. The number of ether oxygens (including phenoxy) is 1. The molecule has 0 spiro atoms. The van der Waals surface area contributed by atoms with Crippen LogP contribution in [0, 0.1) is 0 Å². The summed E-state index contributed by atoms with van der Waals surface area (Å²) >= 11 is 6.25. The summed E-state index contributed by atoms with van der Waals surface area (Å²) in [5, 5.41) is 20.0. The van der Waals surface area contributed by atoms with Crippen molar-refractivity contribution in [2.45, 2.75) is 25.7 Å². The van der Waals surface area contributed by atoms with E-state index in [-0.39, 0.29) is 17.3 Å². The minimum atomic E-state index is 0.0354. The first-order valence-electron chi connectivity index (χ1n) is 9.65. The minimum Gasteiger partial charge on any atom is -0.511 e. The van der Waals surface area contributed by atoms with E-state index in [4.69, 9.17) is 16.3 Å². The van der Waals surface area contributed by atoms with E-state index >= 15 is 0 Å². The Bertz CT molecular complexity index is 783. The van der Waals surface area contributed by atoms with Gasteiger partial charge in [0.2, 0.25) is 0 Å². The molecule has 7 heteroatoms. The molecule has 1 fully saturated rings. The van der Waals surface area contributed by atoms with Crippen LogP contribution in [0.4, 0.5) is 0 Å². The van der Waals surface area contributed by atoms with Gasteiger partial charge in [-0.2, -0.15) is 0 Å². The molecule has 152 valence electrons. The number of Topliss-reactive ketones (excluding diaryl/α,β-unsaturated/α-hetero) is 1. The van der Waals surface area contributed by atoms with Crippen molar-refractivity contribution in [3.05, 3.63) is 46.3 Å². The lowest BCUT2D eigenvalue weighted by atomic mass is 10.1. The summed E-state index contributed by atoms with van der Waals surface area (Å²) in [4.78, 5) is 16.9. The zero-order valence-electron chi connectivity index (χ0n) is 16.2. The van der Waals surface area contributed by atoms with Crippen LogP contribution in [0.15, 0.2) is 40.8 Å². The smallest absolute Gasteiger partial charge is 0.163 e. The second-order valence-corrected chi connectivity index (χ2v) is 7.51. The van der Waals surface area contributed by atoms with Crippen molar-refractivity contribution >= 4 is 17.4 Å². The van der Waals surface area contributed by atoms with Gasteiger partial charge in [0.25, 0.3) is 0 Å². The first kappa shape index (κ1) is 20.6. The van der Waals surface area contributed by atoms with Crippen molar-refractivity contribution in [2.75, 3.05) is 39.8 Å². The summed E-state index contributed by atoms with van der Waals surface area (Å²) in [6.45, 7) is 4.40. The highest BCUT2D eigenvalue weighted by molar-refractivity contribution is 6.32. The molecule has 1 aromatic rings. The number of hydrogen-bond acceptors (Lipinski definition) is 6. The fourth-order valence-electron chi connectivity index (χ4n) is 3.63. The Morgan fingerprint density at radius 1 is 1.21 bits per heavy atom. The molecule has 0 atom stereocenters. The highest BCUT2D eigenvalue weighted by Gasteiger charge is 2.23. The van der Waals surface area contributed by atoms with E-state index in [0.717, 1.165) is 51.3 Å². The summed E-state index contributed by atoms with van der Waals surface area (Å²) < 4.78 is 5.06. The second kappa shape index (κ2) is 9.34. The molecule has 0 radical (unpaired) electrons. The van der Waals surface area contributed by atoms with E-state index in [2.05, 4.69) is 15.9 Å². The molecule has 1 aliphatic carbocycles. The van der Waals surface area contributed by atoms with Gasteiger partial charge in [0.05, 0.1) is 12.8 Å². The molecule has 3 rings (SSSR count). The van der Waals surface area contributed by atoms with Crippen LogP contribution in [0.3, 0.4) is 0 Å². The van der Waals surface area contributed by atoms with Crippen LogP contribution in [-0.4, -0.2) is 65.6 Å². The van der Waals surface area contributed by atoms with Gasteiger partial charge in [-0.1, -0.05) is 17.7 Å². The van der Waals surface area contributed by atoms with Gasteiger partial charge in [-0.05, 0) is 37.6 Å². The summed E-state index contributed by atoms with van der Waals surface area (Å²) in [7, 11) is 1.47. The van der Waals surface area contributed by atoms with E-state index in [1.165, 1.54) is 13.2 Å². The summed E-state index contributed by atoms with van der Waals surface area (Å²) in [5.74, 6) is 0.689. The quantitative estimate of drug-likeness (QED) is 0.673. The lowest BCUT2D eigenvalue weighted by Crippen LogP contribution is -2.46. The number of phenols is 1. The van der Waals surface area contributed by atoms with Gasteiger partial charge in [-0.25, -0.2) is 0 Å². The van der Waals surface area contributed by atoms with Gasteiger partial charge < -0.3 is 19.8 Å². The van der Waals surface area contributed by atoms with Crippen LogP contribution in [0.5, 0.6) is 11.5 Å². The molecule has 0 amide bonds. The van der Waals surface area contributed by atoms with Gasteiger partial charge in [0, 0.05) is 44.6 Å². The molecule has 0 unspecified atom stereocenters. The highest BCUT2D eigenvalue weighted by Crippen LogP contribution is 2.30. The SMILES string of the molecule is COc1cc(C(=O)CCCN2CCN(C3=CCCC(O)=C3Cl)CC2)ccc1O. The van der Waals surface area contributed by atoms with Crippen molar-refractivity contribution in [1.29, 1.82) is 0 Å². The number of aliphatic hydroxyl groups is 1. The second-order valence-electron chi connectivity index (χ2n) is 7.13. The Morgan fingerprint density at radius 3 is 2.68 bits per heavy atom. The molecule has 0 saturated carbocycles. The number of carbonyl (C=O) groups excluding carboxylic acids is 1. The number of carbonyl (C=O) groups is 1. The van der Waals surface area contributed by atoms with Gasteiger partial charge in [-0.15, -0.1) is 0 Å². The fourth-order valence-corrected chi connectivity index (χ4v) is 3.92. The molecule has 1 saturated heterocycles. The van der Waals surface area contributed by atoms with E-state index < -0.39 is 0 Å². The van der Waals surface area contributed by atoms with Crippen LogP contribution >= 0.6 is 11.6 Å². The maximum absolute atomic E-state index is 12.4. The molecule has 6 nitrogen and oxygen atoms in total. The van der Waals surface area contributed by atoms with Crippen molar-refractivity contribution in [2.24, 2.45) is 0 Å². The Labute approximate surface area is 170 Å². The number of piperazine rings is 1. The van der Waals surface area contributed by atoms with Crippen molar-refractivity contribution in [1.82, 2.24) is 9.80 Å². The molecule has 0 bridgehead atoms. The zero-order chi connectivity index (χ0) is 20.1. The Morgan fingerprint density at radius 2 is 1.96 bits per heavy atom. The Balaban J connectivity index is 1.43. The number of aromatic hydroxyl groups is 1. The minimum absolute atomic E-state index is 0.0354. The molecule has 0 aromatic heterocycles. The standard InChI is InChI=1S/C21H27ClN2O4/c1-28-20-14-15(7-8-18(20)26)17(25)6-3-9-23-10-12-24(13-11-23)16-4-2-5-19(27)21(16)22/h4,7-8,14,26-27H,2-3,5-6,9-13H2,1H3. The molecule has 28 heavy (non-hydrogen) atoms. The van der Waals surface area contributed by atoms with Crippen LogP contribution in [-0.2, 0) is 0 Å². The number of methoxy groups -OCH3 is 1. The lowest BCUT2D eigenvalue weighted by Gasteiger charge is -2.38. The molecular weight excluding hydrogens is 380 g/mol. The number of rotatable bonds is 7. The predicted molar refractivity (Wildman–Crippen MR) is 109 cm³/mol. The van der Waals surface area contributed by atoms with Crippen molar-refractivity contribution < 1.29 is 19.7 Å². The van der Waals surface area contributed by atoms with Gasteiger partial charge in [-0.3, -0.25) is 9.69 Å². The maximum atomic E-state index is 12.4.